The summed E-state index contributed by atoms with van der Waals surface area (Å²) in [4.78, 5) is 13.1. The maximum absolute atomic E-state index is 10.7. The van der Waals surface area contributed by atoms with Crippen LogP contribution in [0.2, 0.25) is 0 Å². The molecule has 0 amide bonds. The van der Waals surface area contributed by atoms with Crippen molar-refractivity contribution in [1.82, 2.24) is 0 Å². The SMILES string of the molecule is C=CCN(CC)c1csc(C(=O)O)c1. The molecule has 0 atom stereocenters. The van der Waals surface area contributed by atoms with Crippen LogP contribution < -0.4 is 4.90 Å². The molecule has 0 saturated heterocycles. The predicted molar refractivity (Wildman–Crippen MR) is 59.4 cm³/mol. The van der Waals surface area contributed by atoms with Gasteiger partial charge in [0.15, 0.2) is 0 Å². The van der Waals surface area contributed by atoms with Crippen molar-refractivity contribution in [2.75, 3.05) is 18.0 Å². The van der Waals surface area contributed by atoms with Gasteiger partial charge in [-0.1, -0.05) is 6.08 Å². The number of rotatable bonds is 5. The fourth-order valence-electron chi connectivity index (χ4n) is 1.18. The van der Waals surface area contributed by atoms with E-state index in [0.717, 1.165) is 18.8 Å². The highest BCUT2D eigenvalue weighted by Crippen LogP contribution is 2.22. The van der Waals surface area contributed by atoms with E-state index in [0.29, 0.717) is 4.88 Å². The number of aromatic carboxylic acids is 1. The van der Waals surface area contributed by atoms with Crippen LogP contribution in [0.5, 0.6) is 0 Å². The normalized spacial score (nSPS) is 9.79. The number of anilines is 1. The lowest BCUT2D eigenvalue weighted by atomic mass is 10.3. The second kappa shape index (κ2) is 4.81. The van der Waals surface area contributed by atoms with E-state index in [1.807, 2.05) is 18.4 Å². The van der Waals surface area contributed by atoms with Crippen LogP contribution in [-0.2, 0) is 0 Å². The lowest BCUT2D eigenvalue weighted by Gasteiger charge is -2.18. The molecule has 0 bridgehead atoms. The average molecular weight is 211 g/mol. The zero-order chi connectivity index (χ0) is 10.6. The summed E-state index contributed by atoms with van der Waals surface area (Å²) in [6.45, 7) is 7.28. The first-order valence-electron chi connectivity index (χ1n) is 4.36. The standard InChI is InChI=1S/C10H13NO2S/c1-3-5-11(4-2)8-6-9(10(12)13)14-7-8/h3,6-7H,1,4-5H2,2H3,(H,12,13). The summed E-state index contributed by atoms with van der Waals surface area (Å²) in [6, 6.07) is 1.69. The minimum absolute atomic E-state index is 0.377. The van der Waals surface area contributed by atoms with Crippen molar-refractivity contribution < 1.29 is 9.90 Å². The van der Waals surface area contributed by atoms with Crippen molar-refractivity contribution in [1.29, 1.82) is 0 Å². The Kier molecular flexibility index (Phi) is 3.71. The van der Waals surface area contributed by atoms with E-state index in [1.165, 1.54) is 11.3 Å². The van der Waals surface area contributed by atoms with E-state index in [-0.39, 0.29) is 0 Å². The number of hydrogen-bond acceptors (Lipinski definition) is 3. The predicted octanol–water partition coefficient (Wildman–Crippen LogP) is 2.46. The second-order valence-electron chi connectivity index (χ2n) is 2.80. The molecule has 0 aliphatic carbocycles. The van der Waals surface area contributed by atoms with Crippen molar-refractivity contribution in [3.63, 3.8) is 0 Å². The van der Waals surface area contributed by atoms with Crippen molar-refractivity contribution in [2.24, 2.45) is 0 Å². The largest absolute Gasteiger partial charge is 0.477 e. The van der Waals surface area contributed by atoms with Gasteiger partial charge in [0.25, 0.3) is 0 Å². The molecule has 0 radical (unpaired) electrons. The first-order valence-corrected chi connectivity index (χ1v) is 5.24. The fraction of sp³-hybridized carbons (Fsp3) is 0.300. The van der Waals surface area contributed by atoms with Crippen molar-refractivity contribution in [3.05, 3.63) is 29.0 Å². The minimum Gasteiger partial charge on any atom is -0.477 e. The molecule has 1 N–H and O–H groups in total. The Morgan fingerprint density at radius 1 is 1.79 bits per heavy atom. The minimum atomic E-state index is -0.865. The molecule has 3 nitrogen and oxygen atoms in total. The van der Waals surface area contributed by atoms with Gasteiger partial charge in [0.05, 0.1) is 0 Å². The Bertz CT molecular complexity index is 333. The van der Waals surface area contributed by atoms with Gasteiger partial charge >= 0.3 is 5.97 Å². The third-order valence-electron chi connectivity index (χ3n) is 1.89. The smallest absolute Gasteiger partial charge is 0.345 e. The van der Waals surface area contributed by atoms with Crippen LogP contribution in [-0.4, -0.2) is 24.2 Å². The molecule has 0 fully saturated rings. The number of carbonyl (C=O) groups is 1. The summed E-state index contributed by atoms with van der Waals surface area (Å²) < 4.78 is 0. The van der Waals surface area contributed by atoms with Crippen LogP contribution in [0, 0.1) is 0 Å². The topological polar surface area (TPSA) is 40.5 Å². The van der Waals surface area contributed by atoms with Gasteiger partial charge in [-0.2, -0.15) is 0 Å². The van der Waals surface area contributed by atoms with Gasteiger partial charge in [0.2, 0.25) is 0 Å². The van der Waals surface area contributed by atoms with Crippen LogP contribution >= 0.6 is 11.3 Å². The summed E-state index contributed by atoms with van der Waals surface area (Å²) in [5, 5.41) is 10.6. The van der Waals surface area contributed by atoms with Gasteiger partial charge in [0.1, 0.15) is 4.88 Å². The number of hydrogen-bond donors (Lipinski definition) is 1. The number of thiophene rings is 1. The van der Waals surface area contributed by atoms with E-state index >= 15 is 0 Å². The Labute approximate surface area is 87.3 Å². The molecule has 14 heavy (non-hydrogen) atoms. The first-order chi connectivity index (χ1) is 6.69. The van der Waals surface area contributed by atoms with Crippen molar-refractivity contribution >= 4 is 23.0 Å². The van der Waals surface area contributed by atoms with Crippen molar-refractivity contribution in [3.8, 4) is 0 Å². The highest BCUT2D eigenvalue weighted by Gasteiger charge is 2.09. The molecule has 0 spiro atoms. The van der Waals surface area contributed by atoms with Crippen LogP contribution in [0.4, 0.5) is 5.69 Å². The quantitative estimate of drug-likeness (QED) is 0.760. The molecule has 1 heterocycles. The second-order valence-corrected chi connectivity index (χ2v) is 3.71. The molecule has 0 aromatic carbocycles. The highest BCUT2D eigenvalue weighted by molar-refractivity contribution is 7.12. The van der Waals surface area contributed by atoms with Gasteiger partial charge in [-0.15, -0.1) is 17.9 Å². The Balaban J connectivity index is 2.83. The lowest BCUT2D eigenvalue weighted by Crippen LogP contribution is -2.21. The van der Waals surface area contributed by atoms with E-state index in [9.17, 15) is 4.79 Å². The molecular formula is C10H13NO2S. The van der Waals surface area contributed by atoms with E-state index in [2.05, 4.69) is 11.5 Å². The van der Waals surface area contributed by atoms with Gasteiger partial charge in [-0.3, -0.25) is 0 Å². The maximum Gasteiger partial charge on any atom is 0.345 e. The van der Waals surface area contributed by atoms with Gasteiger partial charge in [-0.25, -0.2) is 4.79 Å². The lowest BCUT2D eigenvalue weighted by molar-refractivity contribution is 0.0702. The summed E-state index contributed by atoms with van der Waals surface area (Å²) >= 11 is 1.25. The summed E-state index contributed by atoms with van der Waals surface area (Å²) in [5.41, 5.74) is 0.954. The van der Waals surface area contributed by atoms with Crippen LogP contribution in [0.15, 0.2) is 24.1 Å². The number of carboxylic acids is 1. The molecule has 0 aliphatic heterocycles. The van der Waals surface area contributed by atoms with Crippen LogP contribution in [0.3, 0.4) is 0 Å². The molecule has 1 rings (SSSR count). The molecule has 76 valence electrons. The Morgan fingerprint density at radius 3 is 2.93 bits per heavy atom. The summed E-state index contributed by atoms with van der Waals surface area (Å²) in [6.07, 6.45) is 1.81. The van der Waals surface area contributed by atoms with Crippen LogP contribution in [0.1, 0.15) is 16.6 Å². The zero-order valence-electron chi connectivity index (χ0n) is 8.06. The van der Waals surface area contributed by atoms with Crippen molar-refractivity contribution in [2.45, 2.75) is 6.92 Å². The molecular weight excluding hydrogens is 198 g/mol. The molecule has 0 unspecified atom stereocenters. The summed E-state index contributed by atoms with van der Waals surface area (Å²) in [7, 11) is 0. The van der Waals surface area contributed by atoms with Gasteiger partial charge in [0, 0.05) is 24.2 Å². The van der Waals surface area contributed by atoms with E-state index < -0.39 is 5.97 Å². The number of likely N-dealkylation sites (N-methyl/N-ethyl adjacent to an activating group) is 1. The Hall–Kier alpha value is -1.29. The zero-order valence-corrected chi connectivity index (χ0v) is 8.88. The van der Waals surface area contributed by atoms with Gasteiger partial charge < -0.3 is 10.0 Å². The highest BCUT2D eigenvalue weighted by atomic mass is 32.1. The Morgan fingerprint density at radius 2 is 2.50 bits per heavy atom. The average Bonchev–Trinajstić information content (AvgIpc) is 2.63. The first kappa shape index (κ1) is 10.8. The number of nitrogens with zero attached hydrogens (tertiary/aromatic N) is 1. The fourth-order valence-corrected chi connectivity index (χ4v) is 1.93. The molecule has 0 saturated carbocycles. The van der Waals surface area contributed by atoms with E-state index in [1.54, 1.807) is 6.07 Å². The van der Waals surface area contributed by atoms with Gasteiger partial charge in [-0.05, 0) is 13.0 Å². The van der Waals surface area contributed by atoms with E-state index in [4.69, 9.17) is 5.11 Å². The third-order valence-corrected chi connectivity index (χ3v) is 2.80. The molecule has 1 aromatic heterocycles. The maximum atomic E-state index is 10.7. The van der Waals surface area contributed by atoms with Crippen LogP contribution in [0.25, 0.3) is 0 Å². The third kappa shape index (κ3) is 2.35. The molecule has 1 aromatic rings. The monoisotopic (exact) mass is 211 g/mol. The molecule has 4 heteroatoms. The number of carboxylic acid groups (broad SMARTS) is 1. The molecule has 0 aliphatic rings. The summed E-state index contributed by atoms with van der Waals surface area (Å²) in [5.74, 6) is -0.865.